The largest absolute Gasteiger partial charge is 1.00 e. The van der Waals surface area contributed by atoms with Crippen LogP contribution in [0.15, 0.2) is 0 Å². The second kappa shape index (κ2) is 6.92. The van der Waals surface area contributed by atoms with Gasteiger partial charge in [0.15, 0.2) is 6.10 Å². The molecule has 1 aliphatic rings. The number of rotatable bonds is 5. The Kier molecular flexibility index (Phi) is 7.18. The summed E-state index contributed by atoms with van der Waals surface area (Å²) in [5, 5.41) is 10.2. The molecule has 0 aromatic heterocycles. The molecule has 1 heterocycles. The van der Waals surface area contributed by atoms with Crippen molar-refractivity contribution in [2.45, 2.75) is 32.0 Å². The molecule has 0 aromatic rings. The van der Waals surface area contributed by atoms with Crippen LogP contribution in [0.1, 0.15) is 19.8 Å². The minimum absolute atomic E-state index is 0. The summed E-state index contributed by atoms with van der Waals surface area (Å²) >= 11 is 0. The third-order valence-corrected chi connectivity index (χ3v) is 1.70. The van der Waals surface area contributed by atoms with Crippen LogP contribution in [0.2, 0.25) is 0 Å². The van der Waals surface area contributed by atoms with Crippen molar-refractivity contribution in [1.82, 2.24) is 0 Å². The van der Waals surface area contributed by atoms with Gasteiger partial charge in [0.1, 0.15) is 6.10 Å². The van der Waals surface area contributed by atoms with E-state index in [0.717, 1.165) is 12.8 Å². The van der Waals surface area contributed by atoms with Crippen molar-refractivity contribution in [2.75, 3.05) is 6.61 Å². The summed E-state index contributed by atoms with van der Waals surface area (Å²) in [6, 6.07) is 0. The van der Waals surface area contributed by atoms with Gasteiger partial charge >= 0.3 is 57.4 Å². The van der Waals surface area contributed by atoms with Gasteiger partial charge in [-0.05, 0) is 6.42 Å². The zero-order chi connectivity index (χ0) is 9.84. The second-order valence-electron chi connectivity index (χ2n) is 2.82. The summed E-state index contributed by atoms with van der Waals surface area (Å²) in [5.41, 5.74) is 0. The van der Waals surface area contributed by atoms with Crippen molar-refractivity contribution in [2.24, 2.45) is 0 Å². The van der Waals surface area contributed by atoms with Crippen LogP contribution in [0.3, 0.4) is 0 Å². The maximum Gasteiger partial charge on any atom is 1.00 e. The van der Waals surface area contributed by atoms with Gasteiger partial charge in [0, 0.05) is 0 Å². The zero-order valence-electron chi connectivity index (χ0n) is 8.32. The van der Waals surface area contributed by atoms with Crippen molar-refractivity contribution >= 4 is 11.9 Å². The summed E-state index contributed by atoms with van der Waals surface area (Å²) < 4.78 is 9.27. The topological polar surface area (TPSA) is 79.0 Å². The Morgan fingerprint density at radius 3 is 2.50 bits per heavy atom. The van der Waals surface area contributed by atoms with E-state index in [9.17, 15) is 14.7 Å². The molecule has 2 atom stereocenters. The van der Waals surface area contributed by atoms with Gasteiger partial charge in [0.2, 0.25) is 0 Å². The van der Waals surface area contributed by atoms with E-state index in [-0.39, 0.29) is 51.4 Å². The van der Waals surface area contributed by atoms with Crippen molar-refractivity contribution in [3.05, 3.63) is 0 Å². The average Bonchev–Trinajstić information content (AvgIpc) is 2.83. The van der Waals surface area contributed by atoms with Gasteiger partial charge in [-0.3, -0.25) is 0 Å². The van der Waals surface area contributed by atoms with Crippen LogP contribution in [-0.4, -0.2) is 30.8 Å². The predicted octanol–water partition coefficient (Wildman–Crippen LogP) is -4.15. The first kappa shape index (κ1) is 14.5. The molecule has 2 unspecified atom stereocenters. The Labute approximate surface area is 125 Å². The number of aliphatic carboxylic acids is 1. The molecule has 14 heavy (non-hydrogen) atoms. The summed E-state index contributed by atoms with van der Waals surface area (Å²) in [5.74, 6) is -1.97. The third kappa shape index (κ3) is 4.37. The molecule has 0 N–H and O–H groups in total. The number of carboxylic acids is 1. The fourth-order valence-corrected chi connectivity index (χ4v) is 0.870. The smallest absolute Gasteiger partial charge is 0.547 e. The minimum atomic E-state index is -1.36. The maximum absolute atomic E-state index is 11.0. The number of carbonyl (C=O) groups is 2. The van der Waals surface area contributed by atoms with Crippen LogP contribution >= 0.6 is 0 Å². The molecule has 5 nitrogen and oxygen atoms in total. The fourth-order valence-electron chi connectivity index (χ4n) is 0.870. The van der Waals surface area contributed by atoms with Crippen molar-refractivity contribution in [1.29, 1.82) is 0 Å². The van der Waals surface area contributed by atoms with Crippen LogP contribution < -0.4 is 56.5 Å². The Bertz CT molecular complexity index is 218. The Morgan fingerprint density at radius 2 is 2.07 bits per heavy atom. The van der Waals surface area contributed by atoms with Crippen LogP contribution in [0.4, 0.5) is 0 Å². The molecule has 0 bridgehead atoms. The van der Waals surface area contributed by atoms with Gasteiger partial charge in [-0.15, -0.1) is 0 Å². The number of esters is 1. The molecule has 1 fully saturated rings. The van der Waals surface area contributed by atoms with E-state index < -0.39 is 24.1 Å². The van der Waals surface area contributed by atoms with E-state index >= 15 is 0 Å². The molecule has 0 spiro atoms. The monoisotopic (exact) mass is 226 g/mol. The van der Waals surface area contributed by atoms with Crippen molar-refractivity contribution in [3.63, 3.8) is 0 Å². The molecular formula is C8H11KO5. The zero-order valence-corrected chi connectivity index (χ0v) is 11.4. The van der Waals surface area contributed by atoms with E-state index in [0.29, 0.717) is 6.61 Å². The molecule has 1 saturated heterocycles. The van der Waals surface area contributed by atoms with Gasteiger partial charge in [-0.2, -0.15) is 0 Å². The van der Waals surface area contributed by atoms with Gasteiger partial charge in [-0.1, -0.05) is 13.3 Å². The van der Waals surface area contributed by atoms with Crippen LogP contribution in [0.5, 0.6) is 0 Å². The van der Waals surface area contributed by atoms with Gasteiger partial charge in [0.05, 0.1) is 12.6 Å². The first-order valence-corrected chi connectivity index (χ1v) is 4.19. The van der Waals surface area contributed by atoms with Crippen molar-refractivity contribution in [3.8, 4) is 0 Å². The molecule has 6 heteroatoms. The number of unbranched alkanes of at least 4 members (excludes halogenated alkanes) is 1. The molecule has 0 aromatic carbocycles. The SMILES string of the molecule is CCCCOC(=O)C1OC1C(=O)[O-].[K+]. The number of carboxylic acid groups (broad SMARTS) is 1. The summed E-state index contributed by atoms with van der Waals surface area (Å²) in [4.78, 5) is 21.1. The maximum atomic E-state index is 11.0. The summed E-state index contributed by atoms with van der Waals surface area (Å²) in [6.07, 6.45) is -0.354. The summed E-state index contributed by atoms with van der Waals surface area (Å²) in [7, 11) is 0. The molecule has 0 aliphatic carbocycles. The van der Waals surface area contributed by atoms with Gasteiger partial charge in [-0.25, -0.2) is 4.79 Å². The molecule has 0 saturated carbocycles. The van der Waals surface area contributed by atoms with Gasteiger partial charge < -0.3 is 19.4 Å². The summed E-state index contributed by atoms with van der Waals surface area (Å²) in [6.45, 7) is 2.28. The van der Waals surface area contributed by atoms with Crippen molar-refractivity contribution < 1.29 is 75.6 Å². The van der Waals surface area contributed by atoms with E-state index in [2.05, 4.69) is 4.74 Å². The normalized spacial score (nSPS) is 23.5. The molecule has 74 valence electrons. The fraction of sp³-hybridized carbons (Fsp3) is 0.750. The van der Waals surface area contributed by atoms with Crippen LogP contribution in [0.25, 0.3) is 0 Å². The Balaban J connectivity index is 0.00000169. The van der Waals surface area contributed by atoms with Gasteiger partial charge in [0.25, 0.3) is 0 Å². The second-order valence-corrected chi connectivity index (χ2v) is 2.82. The average molecular weight is 226 g/mol. The molecular weight excluding hydrogens is 215 g/mol. The quantitative estimate of drug-likeness (QED) is 0.206. The molecule has 1 aliphatic heterocycles. The molecule has 0 radical (unpaired) electrons. The number of carbonyl (C=O) groups excluding carboxylic acids is 2. The van der Waals surface area contributed by atoms with E-state index in [1.54, 1.807) is 0 Å². The number of hydrogen-bond donors (Lipinski definition) is 0. The van der Waals surface area contributed by atoms with E-state index in [1.165, 1.54) is 0 Å². The first-order chi connectivity index (χ1) is 6.16. The first-order valence-electron chi connectivity index (χ1n) is 4.19. The number of epoxide rings is 1. The Morgan fingerprint density at radius 1 is 1.43 bits per heavy atom. The van der Waals surface area contributed by atoms with E-state index in [4.69, 9.17) is 4.74 Å². The number of ether oxygens (including phenoxy) is 2. The molecule has 0 amide bonds. The van der Waals surface area contributed by atoms with Crippen LogP contribution in [0, 0.1) is 0 Å². The van der Waals surface area contributed by atoms with E-state index in [1.807, 2.05) is 6.92 Å². The minimum Gasteiger partial charge on any atom is -0.547 e. The third-order valence-electron chi connectivity index (χ3n) is 1.70. The molecule has 1 rings (SSSR count). The Hall–Kier alpha value is 0.536. The van der Waals surface area contributed by atoms with Crippen LogP contribution in [-0.2, 0) is 19.1 Å². The predicted molar refractivity (Wildman–Crippen MR) is 39.5 cm³/mol. The number of hydrogen-bond acceptors (Lipinski definition) is 5. The standard InChI is InChI=1S/C8H12O5.K/c1-2-3-4-12-8(11)6-5(13-6)7(9)10;/h5-6H,2-4H2,1H3,(H,9,10);/q;+1/p-1.